The molecule has 0 saturated carbocycles. The van der Waals surface area contributed by atoms with Crippen LogP contribution in [0.2, 0.25) is 0 Å². The molecular formula is C50H28F2O2. The number of hydrogen-bond acceptors (Lipinski definition) is 2. The first-order valence-electron chi connectivity index (χ1n) is 18.2. The largest absolute Gasteiger partial charge is 0.453 e. The van der Waals surface area contributed by atoms with Gasteiger partial charge >= 0.3 is 0 Å². The molecule has 0 bridgehead atoms. The highest BCUT2D eigenvalue weighted by Crippen LogP contribution is 2.48. The van der Waals surface area contributed by atoms with E-state index in [0.29, 0.717) is 27.9 Å². The molecule has 0 fully saturated rings. The van der Waals surface area contributed by atoms with Crippen molar-refractivity contribution in [3.8, 4) is 33.8 Å². The van der Waals surface area contributed by atoms with Crippen molar-refractivity contribution in [1.29, 1.82) is 0 Å². The Morgan fingerprint density at radius 1 is 0.352 bits per heavy atom. The van der Waals surface area contributed by atoms with Crippen LogP contribution < -0.4 is 0 Å². The van der Waals surface area contributed by atoms with Crippen molar-refractivity contribution < 1.29 is 17.6 Å². The van der Waals surface area contributed by atoms with E-state index in [-0.39, 0.29) is 0 Å². The van der Waals surface area contributed by atoms with Gasteiger partial charge in [0.15, 0.2) is 23.2 Å². The summed E-state index contributed by atoms with van der Waals surface area (Å²) >= 11 is 0. The number of benzene rings is 8. The van der Waals surface area contributed by atoms with Crippen LogP contribution in [0.1, 0.15) is 11.1 Å². The first-order valence-corrected chi connectivity index (χ1v) is 18.2. The number of halogens is 2. The zero-order chi connectivity index (χ0) is 36.0. The van der Waals surface area contributed by atoms with Crippen molar-refractivity contribution >= 4 is 86.6 Å². The number of hydrogen-bond donors (Lipinski definition) is 0. The van der Waals surface area contributed by atoms with Crippen molar-refractivity contribution in [3.63, 3.8) is 0 Å². The van der Waals surface area contributed by atoms with E-state index in [4.69, 9.17) is 8.83 Å². The van der Waals surface area contributed by atoms with Crippen molar-refractivity contribution in [2.45, 2.75) is 13.8 Å². The fourth-order valence-corrected chi connectivity index (χ4v) is 9.09. The van der Waals surface area contributed by atoms with Gasteiger partial charge in [-0.25, -0.2) is 8.78 Å². The summed E-state index contributed by atoms with van der Waals surface area (Å²) in [5.41, 5.74) is 8.76. The van der Waals surface area contributed by atoms with Crippen LogP contribution in [0.15, 0.2) is 142 Å². The molecule has 0 radical (unpaired) electrons. The fraction of sp³-hybridized carbons (Fsp3) is 0.0400. The maximum Gasteiger partial charge on any atom is 0.170 e. The van der Waals surface area contributed by atoms with E-state index in [0.717, 1.165) is 43.3 Å². The maximum absolute atomic E-state index is 14.3. The first kappa shape index (κ1) is 29.8. The molecule has 12 rings (SSSR count). The molecule has 0 unspecified atom stereocenters. The highest BCUT2D eigenvalue weighted by molar-refractivity contribution is 6.36. The lowest BCUT2D eigenvalue weighted by atomic mass is 9.91. The lowest BCUT2D eigenvalue weighted by molar-refractivity contribution is 0.511. The Balaban J connectivity index is 1.07. The molecule has 0 aliphatic heterocycles. The Hall–Kier alpha value is -6.78. The maximum atomic E-state index is 14.3. The molecule has 0 aliphatic rings. The average molecular weight is 699 g/mol. The molecule has 0 amide bonds. The van der Waals surface area contributed by atoms with Crippen LogP contribution in [0.3, 0.4) is 0 Å². The minimum Gasteiger partial charge on any atom is -0.453 e. The smallest absolute Gasteiger partial charge is 0.170 e. The summed E-state index contributed by atoms with van der Waals surface area (Å²) in [7, 11) is 0. The minimum atomic E-state index is -0.848. The Labute approximate surface area is 307 Å². The van der Waals surface area contributed by atoms with Gasteiger partial charge in [0, 0.05) is 21.5 Å². The van der Waals surface area contributed by atoms with Gasteiger partial charge in [-0.15, -0.1) is 0 Å². The molecule has 0 spiro atoms. The van der Waals surface area contributed by atoms with E-state index in [2.05, 4.69) is 105 Å². The molecule has 0 aliphatic carbocycles. The van der Waals surface area contributed by atoms with Gasteiger partial charge in [-0.1, -0.05) is 83.9 Å². The predicted octanol–water partition coefficient (Wildman–Crippen LogP) is 14.9. The Morgan fingerprint density at radius 2 is 0.722 bits per heavy atom. The molecule has 2 nitrogen and oxygen atoms in total. The van der Waals surface area contributed by atoms with E-state index < -0.39 is 11.6 Å². The van der Waals surface area contributed by atoms with Gasteiger partial charge < -0.3 is 8.83 Å². The van der Waals surface area contributed by atoms with Crippen LogP contribution in [0.4, 0.5) is 8.78 Å². The zero-order valence-corrected chi connectivity index (χ0v) is 29.3. The Morgan fingerprint density at radius 3 is 1.13 bits per heavy atom. The van der Waals surface area contributed by atoms with Gasteiger partial charge in [0.1, 0.15) is 11.2 Å². The van der Waals surface area contributed by atoms with Crippen LogP contribution in [0.25, 0.3) is 120 Å². The Bertz CT molecular complexity index is 3290. The molecule has 0 saturated heterocycles. The molecule has 0 N–H and O–H groups in total. The van der Waals surface area contributed by atoms with Gasteiger partial charge in [0.2, 0.25) is 0 Å². The summed E-state index contributed by atoms with van der Waals surface area (Å²) < 4.78 is 42.0. The lowest BCUT2D eigenvalue weighted by Crippen LogP contribution is -1.87. The summed E-state index contributed by atoms with van der Waals surface area (Å²) in [4.78, 5) is 0. The normalized spacial score (nSPS) is 12.4. The van der Waals surface area contributed by atoms with Gasteiger partial charge in [-0.2, -0.15) is 0 Å². The summed E-state index contributed by atoms with van der Waals surface area (Å²) in [6.45, 7) is 4.25. The van der Waals surface area contributed by atoms with Crippen molar-refractivity contribution in [2.75, 3.05) is 0 Å². The van der Waals surface area contributed by atoms with Crippen molar-refractivity contribution in [3.05, 3.63) is 156 Å². The number of rotatable bonds is 3. The SMILES string of the molecule is Cc1ccc(-c2cc3c(cc2-c2ccc(C)cc2)c2ccc4oc(-c5cc6ccc7c8cc(F)c(F)cc8c8ccc(o5)c6c78)cc5ccc3c2c54)cc1. The van der Waals surface area contributed by atoms with Crippen LogP contribution in [-0.4, -0.2) is 0 Å². The highest BCUT2D eigenvalue weighted by Gasteiger charge is 2.22. The van der Waals surface area contributed by atoms with Crippen LogP contribution in [0.5, 0.6) is 0 Å². The first-order chi connectivity index (χ1) is 26.4. The van der Waals surface area contributed by atoms with Crippen LogP contribution in [0, 0.1) is 25.5 Å². The molecular weight excluding hydrogens is 671 g/mol. The van der Waals surface area contributed by atoms with Gasteiger partial charge in [0.05, 0.1) is 0 Å². The van der Waals surface area contributed by atoms with Crippen molar-refractivity contribution in [2.24, 2.45) is 0 Å². The van der Waals surface area contributed by atoms with E-state index in [9.17, 15) is 8.78 Å². The standard InChI is InChI=1S/C50H28F2O2/c1-25-3-7-27(8-4-25)35-21-37-31-13-11-29-19-45(53-43-17-15-33(49(31)47(29)43)38(37)22-36(35)28-9-5-26(2)6-10-28)46-20-30-12-14-32-39-23-41(51)42(52)24-40(39)34-16-18-44(54-46)48(30)50(32)34/h3-24H,1-2H3. The molecule has 2 heterocycles. The van der Waals surface area contributed by atoms with Gasteiger partial charge in [-0.05, 0) is 151 Å². The number of aryl methyl sites for hydroxylation is 2. The molecule has 10 aromatic carbocycles. The molecule has 254 valence electrons. The molecule has 0 atom stereocenters. The lowest BCUT2D eigenvalue weighted by Gasteiger charge is -2.13. The summed E-state index contributed by atoms with van der Waals surface area (Å²) in [5.74, 6) is -0.468. The molecule has 54 heavy (non-hydrogen) atoms. The van der Waals surface area contributed by atoms with E-state index in [1.165, 1.54) is 72.4 Å². The second-order valence-corrected chi connectivity index (χ2v) is 14.8. The number of fused-ring (bicyclic) bond motifs is 6. The molecule has 2 aromatic heterocycles. The fourth-order valence-electron chi connectivity index (χ4n) is 9.09. The average Bonchev–Trinajstić information content (AvgIpc) is 3.68. The third-order valence-electron chi connectivity index (χ3n) is 11.7. The van der Waals surface area contributed by atoms with E-state index in [1.807, 2.05) is 30.3 Å². The second-order valence-electron chi connectivity index (χ2n) is 14.8. The zero-order valence-electron chi connectivity index (χ0n) is 29.3. The monoisotopic (exact) mass is 698 g/mol. The third-order valence-corrected chi connectivity index (χ3v) is 11.7. The molecule has 12 aromatic rings. The highest BCUT2D eigenvalue weighted by atomic mass is 19.2. The summed E-state index contributed by atoms with van der Waals surface area (Å²) in [6.07, 6.45) is 0. The van der Waals surface area contributed by atoms with E-state index >= 15 is 0 Å². The van der Waals surface area contributed by atoms with E-state index in [1.54, 1.807) is 0 Å². The van der Waals surface area contributed by atoms with Gasteiger partial charge in [-0.3, -0.25) is 0 Å². The van der Waals surface area contributed by atoms with Gasteiger partial charge in [0.25, 0.3) is 0 Å². The third kappa shape index (κ3) is 3.97. The topological polar surface area (TPSA) is 26.3 Å². The minimum absolute atomic E-state index is 0.605. The quantitative estimate of drug-likeness (QED) is 0.184. The second kappa shape index (κ2) is 10.4. The van der Waals surface area contributed by atoms with Crippen LogP contribution >= 0.6 is 0 Å². The van der Waals surface area contributed by atoms with Crippen LogP contribution in [-0.2, 0) is 0 Å². The predicted molar refractivity (Wildman–Crippen MR) is 219 cm³/mol. The summed E-state index contributed by atoms with van der Waals surface area (Å²) in [5, 5.41) is 14.2. The molecule has 4 heteroatoms. The van der Waals surface area contributed by atoms with Crippen molar-refractivity contribution in [1.82, 2.24) is 0 Å². The Kier molecular flexibility index (Phi) is 5.74. The summed E-state index contributed by atoms with van der Waals surface area (Å²) in [6, 6.07) is 45.6.